The zero-order valence-corrected chi connectivity index (χ0v) is 10.1. The molecule has 1 aliphatic rings. The highest BCUT2D eigenvalue weighted by atomic mass is 16.7. The van der Waals surface area contributed by atoms with Gasteiger partial charge in [0.25, 0.3) is 11.8 Å². The first-order valence-electron chi connectivity index (χ1n) is 5.62. The molecular formula is C12H12N2O5. The average Bonchev–Trinajstić information content (AvgIpc) is 2.62. The van der Waals surface area contributed by atoms with Crippen LogP contribution in [0.15, 0.2) is 24.3 Å². The second-order valence-corrected chi connectivity index (χ2v) is 4.06. The number of hydroxylamine groups is 2. The van der Waals surface area contributed by atoms with Crippen molar-refractivity contribution in [2.45, 2.75) is 13.0 Å². The minimum Gasteiger partial charge on any atom is -0.392 e. The molecule has 1 aromatic carbocycles. The highest BCUT2D eigenvalue weighted by molar-refractivity contribution is 6.20. The second-order valence-electron chi connectivity index (χ2n) is 4.06. The summed E-state index contributed by atoms with van der Waals surface area (Å²) < 4.78 is 0. The maximum absolute atomic E-state index is 11.8. The molecule has 2 rings (SSSR count). The number of rotatable bonds is 3. The molecule has 0 fully saturated rings. The van der Waals surface area contributed by atoms with E-state index >= 15 is 0 Å². The van der Waals surface area contributed by atoms with Gasteiger partial charge in [0, 0.05) is 6.54 Å². The maximum atomic E-state index is 11.8. The van der Waals surface area contributed by atoms with E-state index in [1.54, 1.807) is 12.1 Å². The smallest absolute Gasteiger partial charge is 0.392 e. The highest BCUT2D eigenvalue weighted by Gasteiger charge is 2.38. The Kier molecular flexibility index (Phi) is 3.48. The lowest BCUT2D eigenvalue weighted by Crippen LogP contribution is -2.39. The molecule has 0 saturated carbocycles. The summed E-state index contributed by atoms with van der Waals surface area (Å²) in [6.07, 6.45) is -1.73. The standard InChI is InChI=1S/C12H12N2O5/c1-7(15)6-13-12(18)19-14-10(16)8-4-2-3-5-9(8)11(14)17/h2-5,7,15H,6H2,1H3,(H,13,18)/t7-/m1/s1. The number of fused-ring (bicyclic) bond motifs is 1. The van der Waals surface area contributed by atoms with E-state index in [0.29, 0.717) is 5.06 Å². The predicted molar refractivity (Wildman–Crippen MR) is 63.1 cm³/mol. The molecule has 0 bridgehead atoms. The number of carbonyl (C=O) groups excluding carboxylic acids is 3. The summed E-state index contributed by atoms with van der Waals surface area (Å²) in [5, 5.41) is 11.6. The SMILES string of the molecule is C[C@@H](O)CNC(=O)ON1C(=O)c2ccccc2C1=O. The Morgan fingerprint density at radius 3 is 2.32 bits per heavy atom. The van der Waals surface area contributed by atoms with Crippen molar-refractivity contribution in [1.82, 2.24) is 10.4 Å². The van der Waals surface area contributed by atoms with Gasteiger partial charge in [-0.05, 0) is 19.1 Å². The Balaban J connectivity index is 2.06. The number of benzene rings is 1. The van der Waals surface area contributed by atoms with E-state index in [4.69, 9.17) is 5.11 Å². The number of hydrogen-bond acceptors (Lipinski definition) is 5. The summed E-state index contributed by atoms with van der Waals surface area (Å²) in [7, 11) is 0. The number of hydrogen-bond donors (Lipinski definition) is 2. The Bertz CT molecular complexity index is 506. The number of amides is 3. The minimum atomic E-state index is -0.976. The van der Waals surface area contributed by atoms with Crippen LogP contribution < -0.4 is 5.32 Å². The molecule has 3 amide bonds. The molecule has 1 aliphatic heterocycles. The van der Waals surface area contributed by atoms with E-state index in [1.807, 2.05) is 0 Å². The maximum Gasteiger partial charge on any atom is 0.432 e. The molecule has 7 nitrogen and oxygen atoms in total. The predicted octanol–water partition coefficient (Wildman–Crippen LogP) is 0.305. The van der Waals surface area contributed by atoms with Crippen molar-refractivity contribution in [3.05, 3.63) is 35.4 Å². The summed E-state index contributed by atoms with van der Waals surface area (Å²) in [5.41, 5.74) is 0.381. The molecular weight excluding hydrogens is 252 g/mol. The molecule has 0 aromatic heterocycles. The second kappa shape index (κ2) is 5.07. The van der Waals surface area contributed by atoms with Crippen LogP contribution in [0.1, 0.15) is 27.6 Å². The summed E-state index contributed by atoms with van der Waals surface area (Å²) in [6.45, 7) is 1.43. The third-order valence-electron chi connectivity index (χ3n) is 2.47. The molecule has 100 valence electrons. The van der Waals surface area contributed by atoms with Crippen LogP contribution >= 0.6 is 0 Å². The topological polar surface area (TPSA) is 95.9 Å². The van der Waals surface area contributed by atoms with Crippen LogP contribution in [0.3, 0.4) is 0 Å². The summed E-state index contributed by atoms with van der Waals surface area (Å²) in [4.78, 5) is 39.7. The van der Waals surface area contributed by atoms with Crippen molar-refractivity contribution in [3.8, 4) is 0 Å². The van der Waals surface area contributed by atoms with Gasteiger partial charge in [0.05, 0.1) is 17.2 Å². The highest BCUT2D eigenvalue weighted by Crippen LogP contribution is 2.22. The van der Waals surface area contributed by atoms with E-state index in [-0.39, 0.29) is 17.7 Å². The van der Waals surface area contributed by atoms with Gasteiger partial charge in [0.2, 0.25) is 0 Å². The number of aliphatic hydroxyl groups excluding tert-OH is 1. The van der Waals surface area contributed by atoms with E-state index in [2.05, 4.69) is 10.2 Å². The summed E-state index contributed by atoms with van der Waals surface area (Å²) >= 11 is 0. The Morgan fingerprint density at radius 2 is 1.84 bits per heavy atom. The van der Waals surface area contributed by atoms with Gasteiger partial charge in [-0.25, -0.2) is 4.79 Å². The molecule has 0 radical (unpaired) electrons. The molecule has 1 aromatic rings. The third kappa shape index (κ3) is 2.55. The van der Waals surface area contributed by atoms with Gasteiger partial charge in [-0.15, -0.1) is 0 Å². The fraction of sp³-hybridized carbons (Fsp3) is 0.250. The van der Waals surface area contributed by atoms with Crippen molar-refractivity contribution in [2.24, 2.45) is 0 Å². The normalized spacial score (nSPS) is 15.2. The van der Waals surface area contributed by atoms with Gasteiger partial charge < -0.3 is 15.3 Å². The van der Waals surface area contributed by atoms with Crippen molar-refractivity contribution >= 4 is 17.9 Å². The first kappa shape index (κ1) is 13.0. The van der Waals surface area contributed by atoms with Crippen molar-refractivity contribution < 1.29 is 24.3 Å². The first-order valence-corrected chi connectivity index (χ1v) is 5.62. The number of carbonyl (C=O) groups is 3. The molecule has 0 unspecified atom stereocenters. The number of aliphatic hydroxyl groups is 1. The molecule has 1 atom stereocenters. The molecule has 0 spiro atoms. The molecule has 19 heavy (non-hydrogen) atoms. The number of nitrogens with zero attached hydrogens (tertiary/aromatic N) is 1. The van der Waals surface area contributed by atoms with Crippen LogP contribution in [-0.4, -0.2) is 40.7 Å². The zero-order valence-electron chi connectivity index (χ0n) is 10.1. The first-order chi connectivity index (χ1) is 9.00. The van der Waals surface area contributed by atoms with Gasteiger partial charge in [-0.3, -0.25) is 9.59 Å². The largest absolute Gasteiger partial charge is 0.432 e. The Morgan fingerprint density at radius 1 is 1.32 bits per heavy atom. The molecule has 0 saturated heterocycles. The van der Waals surface area contributed by atoms with Crippen molar-refractivity contribution in [3.63, 3.8) is 0 Å². The lowest BCUT2D eigenvalue weighted by atomic mass is 10.1. The fourth-order valence-corrected chi connectivity index (χ4v) is 1.60. The van der Waals surface area contributed by atoms with E-state index in [0.717, 1.165) is 0 Å². The fourth-order valence-electron chi connectivity index (χ4n) is 1.60. The monoisotopic (exact) mass is 264 g/mol. The van der Waals surface area contributed by atoms with Crippen LogP contribution in [0, 0.1) is 0 Å². The average molecular weight is 264 g/mol. The molecule has 0 aliphatic carbocycles. The molecule has 2 N–H and O–H groups in total. The van der Waals surface area contributed by atoms with Gasteiger partial charge >= 0.3 is 6.09 Å². The van der Waals surface area contributed by atoms with Gasteiger partial charge in [-0.2, -0.15) is 0 Å². The van der Waals surface area contributed by atoms with Crippen LogP contribution in [0.5, 0.6) is 0 Å². The number of nitrogens with one attached hydrogen (secondary N) is 1. The van der Waals surface area contributed by atoms with Crippen LogP contribution in [0.4, 0.5) is 4.79 Å². The van der Waals surface area contributed by atoms with Gasteiger partial charge in [0.1, 0.15) is 0 Å². The lowest BCUT2D eigenvalue weighted by molar-refractivity contribution is -0.0454. The number of imide groups is 1. The van der Waals surface area contributed by atoms with Crippen LogP contribution in [0.25, 0.3) is 0 Å². The Hall–Kier alpha value is -2.41. The summed E-state index contributed by atoms with van der Waals surface area (Å²) in [5.74, 6) is -1.37. The zero-order chi connectivity index (χ0) is 14.0. The Labute approximate surface area is 108 Å². The van der Waals surface area contributed by atoms with Gasteiger partial charge in [-0.1, -0.05) is 17.2 Å². The third-order valence-corrected chi connectivity index (χ3v) is 2.47. The van der Waals surface area contributed by atoms with Crippen LogP contribution in [0.2, 0.25) is 0 Å². The minimum absolute atomic E-state index is 0.0397. The summed E-state index contributed by atoms with van der Waals surface area (Å²) in [6, 6.07) is 6.18. The van der Waals surface area contributed by atoms with Crippen molar-refractivity contribution in [1.29, 1.82) is 0 Å². The molecule has 1 heterocycles. The van der Waals surface area contributed by atoms with E-state index in [1.165, 1.54) is 19.1 Å². The van der Waals surface area contributed by atoms with Crippen molar-refractivity contribution in [2.75, 3.05) is 6.54 Å². The van der Waals surface area contributed by atoms with Crippen LogP contribution in [-0.2, 0) is 4.84 Å². The van der Waals surface area contributed by atoms with E-state index in [9.17, 15) is 14.4 Å². The van der Waals surface area contributed by atoms with Gasteiger partial charge in [0.15, 0.2) is 0 Å². The quantitative estimate of drug-likeness (QED) is 0.766. The van der Waals surface area contributed by atoms with E-state index < -0.39 is 24.0 Å². The lowest BCUT2D eigenvalue weighted by Gasteiger charge is -2.13. The molecule has 7 heteroatoms.